The molecule has 8 heavy (non-hydrogen) atoms. The third-order valence-corrected chi connectivity index (χ3v) is 0.601. The molecule has 0 aromatic heterocycles. The van der Waals surface area contributed by atoms with Gasteiger partial charge in [0.05, 0.1) is 0 Å². The zero-order valence-electron chi connectivity index (χ0n) is 4.50. The van der Waals surface area contributed by atoms with E-state index in [1.807, 2.05) is 0 Å². The lowest BCUT2D eigenvalue weighted by Gasteiger charge is -2.05. The second kappa shape index (κ2) is 3.81. The fraction of sp³-hybridized carbons (Fsp3) is 0.750. The minimum atomic E-state index is -3.21. The highest BCUT2D eigenvalue weighted by Gasteiger charge is 2.25. The molecule has 0 rings (SSSR count). The van der Waals surface area contributed by atoms with Crippen LogP contribution in [-0.4, -0.2) is 21.0 Å². The maximum Gasteiger partial charge on any atom is 0.278 e. The third-order valence-electron chi connectivity index (χ3n) is 0.601. The minimum Gasteiger partial charge on any atom is -0.244 e. The van der Waals surface area contributed by atoms with Gasteiger partial charge < -0.3 is 0 Å². The molecule has 0 spiro atoms. The molecule has 0 aromatic rings. The largest absolute Gasteiger partial charge is 0.278 e. The highest BCUT2D eigenvalue weighted by Crippen LogP contribution is 2.15. The van der Waals surface area contributed by atoms with Crippen LogP contribution in [0, 0.1) is 6.42 Å². The molecule has 4 heteroatoms. The van der Waals surface area contributed by atoms with Gasteiger partial charge in [-0.1, -0.05) is 6.92 Å². The van der Waals surface area contributed by atoms with Crippen molar-refractivity contribution in [3.8, 4) is 0 Å². The van der Waals surface area contributed by atoms with Gasteiger partial charge in [0.1, 0.15) is 0 Å². The third kappa shape index (κ3) is 4.03. The van der Waals surface area contributed by atoms with Gasteiger partial charge in [0, 0.05) is 14.8 Å². The second-order valence-corrected chi connectivity index (χ2v) is 1.18. The van der Waals surface area contributed by atoms with Crippen LogP contribution < -0.4 is 0 Å². The standard InChI is InChI=1S/C4H6F3.B/c1-2-4(6,7)3-5;/h2H,3H2,1H3;. The van der Waals surface area contributed by atoms with Crippen molar-refractivity contribution in [3.05, 3.63) is 6.42 Å². The smallest absolute Gasteiger partial charge is 0.244 e. The summed E-state index contributed by atoms with van der Waals surface area (Å²) >= 11 is 0. The summed E-state index contributed by atoms with van der Waals surface area (Å²) in [7, 11) is 0. The van der Waals surface area contributed by atoms with Gasteiger partial charge in [0.2, 0.25) is 0 Å². The number of hydrogen-bond acceptors (Lipinski definition) is 0. The van der Waals surface area contributed by atoms with Gasteiger partial charge >= 0.3 is 0 Å². The van der Waals surface area contributed by atoms with Crippen molar-refractivity contribution >= 4 is 8.41 Å². The second-order valence-electron chi connectivity index (χ2n) is 1.18. The molecule has 0 aliphatic heterocycles. The molecule has 46 valence electrons. The summed E-state index contributed by atoms with van der Waals surface area (Å²) in [5, 5.41) is 0. The fourth-order valence-corrected chi connectivity index (χ4v) is 0.0772. The molecule has 0 aliphatic carbocycles. The molecule has 0 saturated carbocycles. The number of halogens is 3. The van der Waals surface area contributed by atoms with Crippen molar-refractivity contribution in [2.75, 3.05) is 6.67 Å². The molecule has 0 saturated heterocycles. The molecule has 0 nitrogen and oxygen atoms in total. The van der Waals surface area contributed by atoms with Gasteiger partial charge in [-0.25, -0.2) is 13.2 Å². The van der Waals surface area contributed by atoms with Crippen LogP contribution in [0.25, 0.3) is 0 Å². The maximum atomic E-state index is 11.5. The number of hydrogen-bond donors (Lipinski definition) is 0. The van der Waals surface area contributed by atoms with Gasteiger partial charge in [-0.3, -0.25) is 0 Å². The molecule has 0 atom stereocenters. The van der Waals surface area contributed by atoms with Gasteiger partial charge in [0.25, 0.3) is 5.92 Å². The zero-order chi connectivity index (χ0) is 5.91. The predicted molar refractivity (Wildman–Crippen MR) is 26.6 cm³/mol. The molecule has 0 bridgehead atoms. The van der Waals surface area contributed by atoms with Crippen LogP contribution in [-0.2, 0) is 0 Å². The quantitative estimate of drug-likeness (QED) is 0.486. The van der Waals surface area contributed by atoms with Crippen LogP contribution in [0.2, 0.25) is 0 Å². The first-order chi connectivity index (χ1) is 3.12. The summed E-state index contributed by atoms with van der Waals surface area (Å²) in [6.45, 7) is -0.469. The Balaban J connectivity index is 0. The van der Waals surface area contributed by atoms with E-state index in [0.29, 0.717) is 6.42 Å². The van der Waals surface area contributed by atoms with Crippen molar-refractivity contribution in [3.63, 3.8) is 0 Å². The van der Waals surface area contributed by atoms with Crippen LogP contribution >= 0.6 is 0 Å². The molecule has 0 N–H and O–H groups in total. The number of rotatable bonds is 2. The van der Waals surface area contributed by atoms with Crippen molar-refractivity contribution in [2.45, 2.75) is 12.8 Å². The average molecular weight is 122 g/mol. The van der Waals surface area contributed by atoms with Crippen LogP contribution in [0.5, 0.6) is 0 Å². The Morgan fingerprint density at radius 3 is 1.88 bits per heavy atom. The topological polar surface area (TPSA) is 0 Å². The van der Waals surface area contributed by atoms with E-state index in [2.05, 4.69) is 0 Å². The van der Waals surface area contributed by atoms with Crippen molar-refractivity contribution in [1.82, 2.24) is 0 Å². The molecule has 4 radical (unpaired) electrons. The van der Waals surface area contributed by atoms with E-state index in [1.165, 1.54) is 0 Å². The van der Waals surface area contributed by atoms with Gasteiger partial charge in [-0.05, 0) is 0 Å². The summed E-state index contributed by atoms with van der Waals surface area (Å²) in [5.41, 5.74) is 0. The fourth-order valence-electron chi connectivity index (χ4n) is 0.0772. The summed E-state index contributed by atoms with van der Waals surface area (Å²) < 4.78 is 33.9. The Morgan fingerprint density at radius 2 is 1.88 bits per heavy atom. The van der Waals surface area contributed by atoms with E-state index in [4.69, 9.17) is 0 Å². The zero-order valence-corrected chi connectivity index (χ0v) is 4.50. The Labute approximate surface area is 48.7 Å². The van der Waals surface area contributed by atoms with Crippen molar-refractivity contribution in [2.24, 2.45) is 0 Å². The first-order valence-electron chi connectivity index (χ1n) is 1.86. The molecule has 0 heterocycles. The highest BCUT2D eigenvalue weighted by molar-refractivity contribution is 5.75. The van der Waals surface area contributed by atoms with E-state index in [1.54, 1.807) is 0 Å². The molecular weight excluding hydrogens is 116 g/mol. The van der Waals surface area contributed by atoms with Crippen LogP contribution in [0.1, 0.15) is 6.92 Å². The number of alkyl halides is 3. The van der Waals surface area contributed by atoms with E-state index in [-0.39, 0.29) is 8.41 Å². The van der Waals surface area contributed by atoms with Crippen molar-refractivity contribution in [1.29, 1.82) is 0 Å². The van der Waals surface area contributed by atoms with E-state index in [9.17, 15) is 13.2 Å². The van der Waals surface area contributed by atoms with Gasteiger partial charge in [-0.2, -0.15) is 0 Å². The van der Waals surface area contributed by atoms with Crippen LogP contribution in [0.15, 0.2) is 0 Å². The van der Waals surface area contributed by atoms with Gasteiger partial charge in [-0.15, -0.1) is 0 Å². The highest BCUT2D eigenvalue weighted by atomic mass is 19.3. The SMILES string of the molecule is C[CH]C(F)(F)CF.[B]. The predicted octanol–water partition coefficient (Wildman–Crippen LogP) is 1.43. The lowest BCUT2D eigenvalue weighted by molar-refractivity contribution is 0.0113. The monoisotopic (exact) mass is 122 g/mol. The van der Waals surface area contributed by atoms with Crippen LogP contribution in [0.4, 0.5) is 13.2 Å². The van der Waals surface area contributed by atoms with E-state index < -0.39 is 12.6 Å². The lowest BCUT2D eigenvalue weighted by Crippen LogP contribution is -2.16. The molecule has 0 fully saturated rings. The van der Waals surface area contributed by atoms with Gasteiger partial charge in [0.15, 0.2) is 6.67 Å². The van der Waals surface area contributed by atoms with E-state index >= 15 is 0 Å². The van der Waals surface area contributed by atoms with Crippen molar-refractivity contribution < 1.29 is 13.2 Å². The molecule has 0 amide bonds. The summed E-state index contributed by atoms with van der Waals surface area (Å²) in [4.78, 5) is 0. The summed E-state index contributed by atoms with van der Waals surface area (Å²) in [6.07, 6.45) is 0.535. The molecule has 0 unspecified atom stereocenters. The Bertz CT molecular complexity index is 49.2. The normalized spacial score (nSPS) is 10.5. The molecule has 0 aliphatic rings. The Hall–Kier alpha value is -0.145. The molecule has 0 aromatic carbocycles. The lowest BCUT2D eigenvalue weighted by atomic mass is 10.3. The maximum absolute atomic E-state index is 11.5. The van der Waals surface area contributed by atoms with Crippen LogP contribution in [0.3, 0.4) is 0 Å². The average Bonchev–Trinajstić information content (AvgIpc) is 1.68. The molecular formula is C4H6BF3. The Kier molecular flexibility index (Phi) is 5.13. The minimum absolute atomic E-state index is 0. The van der Waals surface area contributed by atoms with E-state index in [0.717, 1.165) is 6.92 Å². The summed E-state index contributed by atoms with van der Waals surface area (Å²) in [6, 6.07) is 0. The first kappa shape index (κ1) is 10.8. The Morgan fingerprint density at radius 1 is 1.50 bits per heavy atom. The summed E-state index contributed by atoms with van der Waals surface area (Å²) in [5.74, 6) is -3.21. The first-order valence-corrected chi connectivity index (χ1v) is 1.86.